The van der Waals surface area contributed by atoms with Crippen LogP contribution in [0.15, 0.2) is 141 Å². The molecule has 0 bridgehead atoms. The van der Waals surface area contributed by atoms with Crippen molar-refractivity contribution in [1.29, 1.82) is 0 Å². The number of rotatable bonds is 20. The summed E-state index contributed by atoms with van der Waals surface area (Å²) in [7, 11) is 0. The molecule has 26 heteroatoms. The average Bonchev–Trinajstić information content (AvgIpc) is 4.27. The SMILES string of the molecule is CCOC(=O)[C@@H]1CN(C(=O)CCc2ccccc2)C(O)=N1.CCOC(=O)[C@@H]1CN(C(=O)CCc2ccccc2)C(O)=N1.CCOC(=O)[C@@H]1CN(C(=O)CCc2ccccc2)C(O)=N1.CCOC(=O)[C@@H]1CN(C(=O)CCc2ccccc2)C(O)=N1.[Rh].[Rh]. The maximum atomic E-state index is 12.1. The summed E-state index contributed by atoms with van der Waals surface area (Å²) in [4.78, 5) is 114. The molecular weight excluding hydrogens is 1290 g/mol. The Morgan fingerprint density at radius 3 is 0.686 bits per heavy atom. The molecule has 4 aromatic rings. The van der Waals surface area contributed by atoms with Gasteiger partial charge in [0.2, 0.25) is 23.6 Å². The zero-order valence-electron chi connectivity index (χ0n) is 48.1. The van der Waals surface area contributed by atoms with Crippen LogP contribution in [0.25, 0.3) is 0 Å². The molecular formula is C60H72N8O16Rh2. The van der Waals surface area contributed by atoms with Gasteiger partial charge in [0.25, 0.3) is 24.1 Å². The molecule has 4 amide bonds. The van der Waals surface area contributed by atoms with E-state index < -0.39 is 72.1 Å². The van der Waals surface area contributed by atoms with E-state index in [0.717, 1.165) is 41.9 Å². The van der Waals surface area contributed by atoms with Crippen molar-refractivity contribution in [3.8, 4) is 0 Å². The predicted molar refractivity (Wildman–Crippen MR) is 308 cm³/mol. The van der Waals surface area contributed by atoms with E-state index in [4.69, 9.17) is 18.9 Å². The fourth-order valence-electron chi connectivity index (χ4n) is 8.46. The number of carbonyl (C=O) groups is 8. The van der Waals surface area contributed by atoms with Crippen molar-refractivity contribution in [2.45, 2.75) is 103 Å². The number of aliphatic hydroxyl groups is 4. The van der Waals surface area contributed by atoms with Crippen LogP contribution in [0.3, 0.4) is 0 Å². The van der Waals surface area contributed by atoms with Gasteiger partial charge in [-0.05, 0) is 75.6 Å². The minimum absolute atomic E-state index is 0. The molecule has 466 valence electrons. The predicted octanol–water partition coefficient (Wildman–Crippen LogP) is 5.22. The molecule has 4 aliphatic heterocycles. The first-order valence-corrected chi connectivity index (χ1v) is 27.6. The number of aliphatic imine (C=N–C) groups is 4. The Labute approximate surface area is 524 Å². The molecule has 8 rings (SSSR count). The zero-order valence-corrected chi connectivity index (χ0v) is 51.4. The van der Waals surface area contributed by atoms with Crippen LogP contribution in [0.1, 0.15) is 75.6 Å². The second kappa shape index (κ2) is 37.9. The normalized spacial score (nSPS) is 17.1. The summed E-state index contributed by atoms with van der Waals surface area (Å²) in [6.45, 7) is 7.91. The minimum atomic E-state index is -0.828. The summed E-state index contributed by atoms with van der Waals surface area (Å²) in [5, 5.41) is 38.8. The Morgan fingerprint density at radius 1 is 0.349 bits per heavy atom. The van der Waals surface area contributed by atoms with Gasteiger partial charge in [-0.25, -0.2) is 39.1 Å². The zero-order chi connectivity index (χ0) is 61.0. The van der Waals surface area contributed by atoms with E-state index in [1.54, 1.807) is 27.7 Å². The maximum Gasteiger partial charge on any atom is 0.332 e. The molecule has 0 saturated carbocycles. The monoisotopic (exact) mass is 1370 g/mol. The molecule has 4 N–H and O–H groups in total. The van der Waals surface area contributed by atoms with Crippen molar-refractivity contribution in [3.63, 3.8) is 0 Å². The average molecular weight is 1370 g/mol. The second-order valence-corrected chi connectivity index (χ2v) is 18.7. The third kappa shape index (κ3) is 23.0. The summed E-state index contributed by atoms with van der Waals surface area (Å²) >= 11 is 0. The number of aliphatic hydroxyl groups excluding tert-OH is 4. The number of amides is 4. The molecule has 0 unspecified atom stereocenters. The quantitative estimate of drug-likeness (QED) is 0.0500. The van der Waals surface area contributed by atoms with E-state index in [-0.39, 0.29) is 141 Å². The molecule has 86 heavy (non-hydrogen) atoms. The molecule has 4 heterocycles. The molecule has 0 spiro atoms. The number of carbonyl (C=O) groups excluding carboxylic acids is 8. The molecule has 24 nitrogen and oxygen atoms in total. The van der Waals surface area contributed by atoms with Gasteiger partial charge in [0.15, 0.2) is 24.2 Å². The van der Waals surface area contributed by atoms with Gasteiger partial charge >= 0.3 is 23.9 Å². The summed E-state index contributed by atoms with van der Waals surface area (Å²) in [5.41, 5.74) is 4.18. The molecule has 0 fully saturated rings. The fraction of sp³-hybridized carbons (Fsp3) is 0.400. The Balaban J connectivity index is 0.000000298. The van der Waals surface area contributed by atoms with Crippen LogP contribution < -0.4 is 0 Å². The maximum absolute atomic E-state index is 12.1. The van der Waals surface area contributed by atoms with E-state index >= 15 is 0 Å². The Hall–Kier alpha value is -8.23. The van der Waals surface area contributed by atoms with Crippen molar-refractivity contribution in [3.05, 3.63) is 144 Å². The van der Waals surface area contributed by atoms with E-state index in [1.165, 1.54) is 0 Å². The number of ether oxygens (including phenoxy) is 4. The van der Waals surface area contributed by atoms with Crippen LogP contribution >= 0.6 is 0 Å². The fourth-order valence-corrected chi connectivity index (χ4v) is 8.46. The van der Waals surface area contributed by atoms with Crippen LogP contribution in [0.5, 0.6) is 0 Å². The van der Waals surface area contributed by atoms with Crippen molar-refractivity contribution in [1.82, 2.24) is 19.6 Å². The van der Waals surface area contributed by atoms with Gasteiger partial charge in [0.05, 0.1) is 52.6 Å². The van der Waals surface area contributed by atoms with Crippen LogP contribution in [0.4, 0.5) is 0 Å². The van der Waals surface area contributed by atoms with Crippen molar-refractivity contribution >= 4 is 71.6 Å². The summed E-state index contributed by atoms with van der Waals surface area (Å²) in [5.74, 6) is -3.13. The van der Waals surface area contributed by atoms with Gasteiger partial charge in [-0.1, -0.05) is 121 Å². The van der Waals surface area contributed by atoms with Crippen molar-refractivity contribution in [2.75, 3.05) is 52.6 Å². The first-order valence-electron chi connectivity index (χ1n) is 27.6. The van der Waals surface area contributed by atoms with Crippen molar-refractivity contribution < 1.29 is 117 Å². The molecule has 0 aliphatic carbocycles. The Bertz CT molecular complexity index is 2580. The van der Waals surface area contributed by atoms with Gasteiger partial charge in [-0.15, -0.1) is 0 Å². The minimum Gasteiger partial charge on any atom is -0.480 e. The van der Waals surface area contributed by atoms with Crippen LogP contribution in [0, 0.1) is 0 Å². The smallest absolute Gasteiger partial charge is 0.332 e. The Kier molecular flexibility index (Phi) is 31.8. The summed E-state index contributed by atoms with van der Waals surface area (Å²) < 4.78 is 19.3. The van der Waals surface area contributed by atoms with Gasteiger partial charge < -0.3 is 39.4 Å². The van der Waals surface area contributed by atoms with Gasteiger partial charge in [0, 0.05) is 64.6 Å². The molecule has 4 aromatic carbocycles. The first-order chi connectivity index (χ1) is 40.5. The molecule has 0 saturated heterocycles. The van der Waals surface area contributed by atoms with Gasteiger partial charge in [0.1, 0.15) is 0 Å². The molecule has 4 atom stereocenters. The number of esters is 4. The summed E-state index contributed by atoms with van der Waals surface area (Å²) in [6.07, 6.45) is 3.30. The second-order valence-electron chi connectivity index (χ2n) is 18.7. The number of nitrogens with zero attached hydrogens (tertiary/aromatic N) is 8. The van der Waals surface area contributed by atoms with Crippen LogP contribution in [0.2, 0.25) is 0 Å². The van der Waals surface area contributed by atoms with Crippen LogP contribution in [-0.4, -0.2) is 188 Å². The van der Waals surface area contributed by atoms with Gasteiger partial charge in [-0.2, -0.15) is 0 Å². The standard InChI is InChI=1S/4C15H18N2O4.2Rh/c4*1-2-21-14(19)12-10-17(15(20)16-12)13(18)9-8-11-6-4-3-5-7-11;;/h4*3-7,12H,2,8-10H2,1H3,(H,16,20);;/t4*12-;;/m0000../s1. The number of amidine groups is 4. The Morgan fingerprint density at radius 2 is 0.523 bits per heavy atom. The molecule has 0 aromatic heterocycles. The van der Waals surface area contributed by atoms with E-state index in [1.807, 2.05) is 121 Å². The van der Waals surface area contributed by atoms with Gasteiger partial charge in [-0.3, -0.25) is 38.8 Å². The van der Waals surface area contributed by atoms with E-state index in [2.05, 4.69) is 20.0 Å². The first kappa shape index (κ1) is 72.0. The largest absolute Gasteiger partial charge is 0.480 e. The molecule has 4 aliphatic rings. The summed E-state index contributed by atoms with van der Waals surface area (Å²) in [6, 6.07) is 33.4. The van der Waals surface area contributed by atoms with Crippen LogP contribution in [-0.2, 0) is 122 Å². The third-order valence-corrected chi connectivity index (χ3v) is 12.8. The third-order valence-electron chi connectivity index (χ3n) is 12.8. The molecule has 2 radical (unpaired) electrons. The number of aryl methyl sites for hydroxylation is 4. The topological polar surface area (TPSA) is 317 Å². The number of benzene rings is 4. The van der Waals surface area contributed by atoms with Crippen molar-refractivity contribution in [2.24, 2.45) is 20.0 Å². The number of hydrogen-bond donors (Lipinski definition) is 4. The number of hydrogen-bond acceptors (Lipinski definition) is 16. The van der Waals surface area contributed by atoms with E-state index in [0.29, 0.717) is 25.7 Å². The van der Waals surface area contributed by atoms with E-state index in [9.17, 15) is 58.8 Å².